The lowest BCUT2D eigenvalue weighted by molar-refractivity contribution is -0.138. The molecule has 0 heterocycles. The van der Waals surface area contributed by atoms with Crippen molar-refractivity contribution in [3.8, 4) is 11.5 Å². The lowest BCUT2D eigenvalue weighted by Crippen LogP contribution is -2.13. The summed E-state index contributed by atoms with van der Waals surface area (Å²) < 4.78 is 45.6. The second-order valence-corrected chi connectivity index (χ2v) is 6.90. The minimum atomic E-state index is -4.45. The van der Waals surface area contributed by atoms with Gasteiger partial charge in [-0.3, -0.25) is 0 Å². The van der Waals surface area contributed by atoms with Crippen molar-refractivity contribution in [1.29, 1.82) is 0 Å². The van der Waals surface area contributed by atoms with Gasteiger partial charge in [-0.1, -0.05) is 54.9 Å². The molecule has 0 amide bonds. The van der Waals surface area contributed by atoms with E-state index in [0.717, 1.165) is 16.1 Å². The first-order valence-corrected chi connectivity index (χ1v) is 7.52. The van der Waals surface area contributed by atoms with Crippen LogP contribution in [0.5, 0.6) is 11.5 Å². The zero-order valence-corrected chi connectivity index (χ0v) is 14.0. The fraction of sp³-hybridized carbons (Fsp3) is 0.294. The van der Waals surface area contributed by atoms with Crippen LogP contribution in [-0.2, 0) is 11.6 Å². The fourth-order valence-corrected chi connectivity index (χ4v) is 2.45. The van der Waals surface area contributed by atoms with Crippen LogP contribution in [0.2, 0.25) is 0 Å². The summed E-state index contributed by atoms with van der Waals surface area (Å²) in [5, 5.41) is 0. The van der Waals surface area contributed by atoms with Gasteiger partial charge in [0.15, 0.2) is 0 Å². The first-order chi connectivity index (χ1) is 10.1. The summed E-state index contributed by atoms with van der Waals surface area (Å²) in [5.41, 5.74) is -0.189. The van der Waals surface area contributed by atoms with Crippen LogP contribution in [0.4, 0.5) is 13.2 Å². The van der Waals surface area contributed by atoms with Gasteiger partial charge in [0.25, 0.3) is 0 Å². The molecule has 0 N–H and O–H groups in total. The van der Waals surface area contributed by atoms with Crippen molar-refractivity contribution in [1.82, 2.24) is 0 Å². The van der Waals surface area contributed by atoms with E-state index in [-0.39, 0.29) is 11.2 Å². The first kappa shape index (κ1) is 16.9. The summed E-state index contributed by atoms with van der Waals surface area (Å²) in [4.78, 5) is 0. The number of ether oxygens (including phenoxy) is 1. The molecule has 5 heteroatoms. The average molecular weight is 373 g/mol. The number of halogens is 4. The Hall–Kier alpha value is -1.49. The molecule has 0 bridgehead atoms. The summed E-state index contributed by atoms with van der Waals surface area (Å²) >= 11 is 3.33. The number of benzene rings is 2. The van der Waals surface area contributed by atoms with Gasteiger partial charge < -0.3 is 4.74 Å². The van der Waals surface area contributed by atoms with Gasteiger partial charge in [-0.05, 0) is 29.7 Å². The average Bonchev–Trinajstić information content (AvgIpc) is 2.36. The highest BCUT2D eigenvalue weighted by atomic mass is 79.9. The van der Waals surface area contributed by atoms with E-state index in [1.54, 1.807) is 6.07 Å². The van der Waals surface area contributed by atoms with Crippen molar-refractivity contribution < 1.29 is 17.9 Å². The van der Waals surface area contributed by atoms with Crippen LogP contribution < -0.4 is 4.74 Å². The van der Waals surface area contributed by atoms with Gasteiger partial charge in [-0.15, -0.1) is 0 Å². The zero-order valence-electron chi connectivity index (χ0n) is 12.5. The molecule has 1 nitrogen and oxygen atoms in total. The molecule has 2 aromatic rings. The molecule has 0 saturated carbocycles. The van der Waals surface area contributed by atoms with Crippen molar-refractivity contribution >= 4 is 15.9 Å². The molecule has 0 unspecified atom stereocenters. The summed E-state index contributed by atoms with van der Waals surface area (Å²) in [6, 6.07) is 10.6. The zero-order chi connectivity index (χ0) is 16.5. The molecule has 0 radical (unpaired) electrons. The topological polar surface area (TPSA) is 9.23 Å². The molecular formula is C17H16BrF3O. The van der Waals surface area contributed by atoms with E-state index in [1.807, 2.05) is 32.9 Å². The van der Waals surface area contributed by atoms with E-state index < -0.39 is 11.7 Å². The molecule has 0 atom stereocenters. The normalized spacial score (nSPS) is 12.3. The number of alkyl halides is 3. The third-order valence-corrected chi connectivity index (χ3v) is 3.66. The Morgan fingerprint density at radius 3 is 2.09 bits per heavy atom. The molecule has 2 aromatic carbocycles. The highest BCUT2D eigenvalue weighted by Crippen LogP contribution is 2.41. The molecule has 0 aromatic heterocycles. The lowest BCUT2D eigenvalue weighted by Gasteiger charge is -2.23. The fourth-order valence-electron chi connectivity index (χ4n) is 2.11. The van der Waals surface area contributed by atoms with Crippen LogP contribution in [0.1, 0.15) is 31.9 Å². The Kier molecular flexibility index (Phi) is 4.57. The van der Waals surface area contributed by atoms with Crippen molar-refractivity contribution in [2.45, 2.75) is 32.4 Å². The Morgan fingerprint density at radius 1 is 0.864 bits per heavy atom. The maximum Gasteiger partial charge on any atom is 0.419 e. The molecule has 118 valence electrons. The molecule has 0 fully saturated rings. The van der Waals surface area contributed by atoms with E-state index in [0.29, 0.717) is 5.75 Å². The van der Waals surface area contributed by atoms with Crippen molar-refractivity contribution in [2.75, 3.05) is 0 Å². The van der Waals surface area contributed by atoms with Crippen LogP contribution in [0, 0.1) is 0 Å². The van der Waals surface area contributed by atoms with Gasteiger partial charge >= 0.3 is 6.18 Å². The SMILES string of the molecule is CC(C)(C)c1ccc(Br)cc1Oc1ccccc1C(F)(F)F. The lowest BCUT2D eigenvalue weighted by atomic mass is 9.86. The largest absolute Gasteiger partial charge is 0.456 e. The summed E-state index contributed by atoms with van der Waals surface area (Å²) in [6.07, 6.45) is -4.45. The molecule has 0 saturated heterocycles. The van der Waals surface area contributed by atoms with Crippen molar-refractivity contribution in [3.05, 3.63) is 58.1 Å². The molecule has 0 spiro atoms. The van der Waals surface area contributed by atoms with Crippen LogP contribution >= 0.6 is 15.9 Å². The third-order valence-electron chi connectivity index (χ3n) is 3.16. The number of hydrogen-bond donors (Lipinski definition) is 0. The maximum absolute atomic E-state index is 13.1. The molecule has 0 aliphatic carbocycles. The highest BCUT2D eigenvalue weighted by molar-refractivity contribution is 9.10. The van der Waals surface area contributed by atoms with Gasteiger partial charge in [-0.25, -0.2) is 0 Å². The summed E-state index contributed by atoms with van der Waals surface area (Å²) in [6.45, 7) is 5.95. The van der Waals surface area contributed by atoms with Gasteiger partial charge in [0, 0.05) is 10.0 Å². The standard InChI is InChI=1S/C17H16BrF3O/c1-16(2,3)12-9-8-11(18)10-15(12)22-14-7-5-4-6-13(14)17(19,20)21/h4-10H,1-3H3. The van der Waals surface area contributed by atoms with Gasteiger partial charge in [0.05, 0.1) is 5.56 Å². The van der Waals surface area contributed by atoms with Crippen LogP contribution in [0.15, 0.2) is 46.9 Å². The Morgan fingerprint density at radius 2 is 1.50 bits per heavy atom. The quantitative estimate of drug-likeness (QED) is 0.579. The Labute approximate surface area is 136 Å². The van der Waals surface area contributed by atoms with Gasteiger partial charge in [0.2, 0.25) is 0 Å². The van der Waals surface area contributed by atoms with Crippen LogP contribution in [0.3, 0.4) is 0 Å². The number of rotatable bonds is 2. The maximum atomic E-state index is 13.1. The second kappa shape index (κ2) is 5.95. The van der Waals surface area contributed by atoms with Gasteiger partial charge in [-0.2, -0.15) is 13.2 Å². The predicted octanol–water partition coefficient (Wildman–Crippen LogP) is 6.56. The number of para-hydroxylation sites is 1. The van der Waals surface area contributed by atoms with Gasteiger partial charge in [0.1, 0.15) is 11.5 Å². The van der Waals surface area contributed by atoms with E-state index in [1.165, 1.54) is 18.2 Å². The minimum absolute atomic E-state index is 0.196. The molecule has 22 heavy (non-hydrogen) atoms. The van der Waals surface area contributed by atoms with Crippen molar-refractivity contribution in [2.24, 2.45) is 0 Å². The molecular weight excluding hydrogens is 357 g/mol. The predicted molar refractivity (Wildman–Crippen MR) is 84.4 cm³/mol. The second-order valence-electron chi connectivity index (χ2n) is 5.99. The summed E-state index contributed by atoms with van der Waals surface area (Å²) in [5.74, 6) is 0.220. The first-order valence-electron chi connectivity index (χ1n) is 6.73. The summed E-state index contributed by atoms with van der Waals surface area (Å²) in [7, 11) is 0. The third kappa shape index (κ3) is 3.83. The van der Waals surface area contributed by atoms with E-state index in [9.17, 15) is 13.2 Å². The number of hydrogen-bond acceptors (Lipinski definition) is 1. The highest BCUT2D eigenvalue weighted by Gasteiger charge is 2.34. The molecule has 2 rings (SSSR count). The van der Waals surface area contributed by atoms with Crippen LogP contribution in [0.25, 0.3) is 0 Å². The smallest absolute Gasteiger partial charge is 0.419 e. The Balaban J connectivity index is 2.51. The van der Waals surface area contributed by atoms with Crippen molar-refractivity contribution in [3.63, 3.8) is 0 Å². The van der Waals surface area contributed by atoms with E-state index >= 15 is 0 Å². The monoisotopic (exact) mass is 372 g/mol. The molecule has 0 aliphatic heterocycles. The molecule has 0 aliphatic rings. The van der Waals surface area contributed by atoms with E-state index in [2.05, 4.69) is 15.9 Å². The van der Waals surface area contributed by atoms with E-state index in [4.69, 9.17) is 4.74 Å². The minimum Gasteiger partial charge on any atom is -0.456 e. The van der Waals surface area contributed by atoms with Crippen LogP contribution in [-0.4, -0.2) is 0 Å². The Bertz CT molecular complexity index is 672.